The van der Waals surface area contributed by atoms with E-state index in [9.17, 15) is 23.2 Å². The fourth-order valence-corrected chi connectivity index (χ4v) is 3.36. The summed E-state index contributed by atoms with van der Waals surface area (Å²) in [6.45, 7) is 1.94. The van der Waals surface area contributed by atoms with Crippen LogP contribution in [0.15, 0.2) is 36.5 Å². The molecule has 1 N–H and O–H groups in total. The minimum absolute atomic E-state index is 0. The Hall–Kier alpha value is -2.94. The van der Waals surface area contributed by atoms with Crippen LogP contribution in [0.1, 0.15) is 32.1 Å². The molecule has 1 aliphatic rings. The second kappa shape index (κ2) is 10.6. The van der Waals surface area contributed by atoms with Crippen molar-refractivity contribution in [3.63, 3.8) is 0 Å². The zero-order chi connectivity index (χ0) is 24.1. The van der Waals surface area contributed by atoms with Crippen molar-refractivity contribution in [2.75, 3.05) is 34.2 Å². The highest BCUT2D eigenvalue weighted by atomic mass is 19.3. The van der Waals surface area contributed by atoms with Crippen molar-refractivity contribution >= 4 is 28.5 Å². The SMILES string of the molecule is CC(C)C(=O)C1CC(F)(F)CN1C(=O)CNC(=O)c1ccnc2ccccc12.CN(C)C.[HH]. The van der Waals surface area contributed by atoms with Crippen LogP contribution in [-0.4, -0.2) is 78.6 Å². The number of carbonyl (C=O) groups is 3. The molecular formula is C23H32F2N4O3. The van der Waals surface area contributed by atoms with Gasteiger partial charge in [-0.3, -0.25) is 19.4 Å². The van der Waals surface area contributed by atoms with Gasteiger partial charge in [0.25, 0.3) is 11.8 Å². The van der Waals surface area contributed by atoms with E-state index >= 15 is 0 Å². The number of benzene rings is 1. The summed E-state index contributed by atoms with van der Waals surface area (Å²) < 4.78 is 27.7. The number of likely N-dealkylation sites (tertiary alicyclic amines) is 1. The predicted octanol–water partition coefficient (Wildman–Crippen LogP) is 2.85. The lowest BCUT2D eigenvalue weighted by atomic mass is 9.99. The lowest BCUT2D eigenvalue weighted by Crippen LogP contribution is -2.46. The summed E-state index contributed by atoms with van der Waals surface area (Å²) in [5.41, 5.74) is 0.961. The van der Waals surface area contributed by atoms with E-state index in [1.165, 1.54) is 12.3 Å². The highest BCUT2D eigenvalue weighted by Gasteiger charge is 2.49. The molecule has 1 aromatic heterocycles. The lowest BCUT2D eigenvalue weighted by molar-refractivity contribution is -0.138. The summed E-state index contributed by atoms with van der Waals surface area (Å²) in [5.74, 6) is -5.20. The summed E-state index contributed by atoms with van der Waals surface area (Å²) >= 11 is 0. The largest absolute Gasteiger partial charge is 0.343 e. The van der Waals surface area contributed by atoms with Crippen molar-refractivity contribution in [3.8, 4) is 0 Å². The molecule has 0 saturated carbocycles. The number of aromatic nitrogens is 1. The first-order valence-corrected chi connectivity index (χ1v) is 10.4. The van der Waals surface area contributed by atoms with E-state index in [2.05, 4.69) is 10.3 Å². The number of carbonyl (C=O) groups excluding carboxylic acids is 3. The first kappa shape index (κ1) is 25.3. The molecule has 9 heteroatoms. The Morgan fingerprint density at radius 1 is 1.22 bits per heavy atom. The molecule has 1 aromatic carbocycles. The molecule has 7 nitrogen and oxygen atoms in total. The third kappa shape index (κ3) is 6.53. The number of amides is 2. The van der Waals surface area contributed by atoms with Crippen LogP contribution in [0.4, 0.5) is 8.78 Å². The molecule has 3 rings (SSSR count). The van der Waals surface area contributed by atoms with Crippen molar-refractivity contribution in [1.82, 2.24) is 20.1 Å². The summed E-state index contributed by atoms with van der Waals surface area (Å²) in [6, 6.07) is 7.40. The number of alkyl halides is 2. The first-order chi connectivity index (χ1) is 14.9. The van der Waals surface area contributed by atoms with Crippen LogP contribution in [0.2, 0.25) is 0 Å². The molecule has 1 saturated heterocycles. The Bertz CT molecular complexity index is 977. The smallest absolute Gasteiger partial charge is 0.267 e. The van der Waals surface area contributed by atoms with Crippen molar-refractivity contribution in [2.24, 2.45) is 5.92 Å². The predicted molar refractivity (Wildman–Crippen MR) is 121 cm³/mol. The Morgan fingerprint density at radius 3 is 2.47 bits per heavy atom. The molecule has 2 heterocycles. The lowest BCUT2D eigenvalue weighted by Gasteiger charge is -2.24. The van der Waals surface area contributed by atoms with E-state index < -0.39 is 55.0 Å². The van der Waals surface area contributed by atoms with E-state index in [0.717, 1.165) is 4.90 Å². The van der Waals surface area contributed by atoms with Crippen LogP contribution in [0, 0.1) is 5.92 Å². The minimum Gasteiger partial charge on any atom is -0.343 e. The monoisotopic (exact) mass is 450 g/mol. The topological polar surface area (TPSA) is 82.6 Å². The number of hydrogen-bond acceptors (Lipinski definition) is 5. The summed E-state index contributed by atoms with van der Waals surface area (Å²) in [4.78, 5) is 44.3. The van der Waals surface area contributed by atoms with Gasteiger partial charge in [0.05, 0.1) is 30.2 Å². The van der Waals surface area contributed by atoms with Gasteiger partial charge >= 0.3 is 0 Å². The number of para-hydroxylation sites is 1. The quantitative estimate of drug-likeness (QED) is 0.758. The molecule has 1 fully saturated rings. The average Bonchev–Trinajstić information content (AvgIpc) is 3.05. The van der Waals surface area contributed by atoms with E-state index in [0.29, 0.717) is 16.5 Å². The number of halogens is 2. The van der Waals surface area contributed by atoms with Crippen molar-refractivity contribution < 1.29 is 24.6 Å². The van der Waals surface area contributed by atoms with Crippen LogP contribution < -0.4 is 5.32 Å². The van der Waals surface area contributed by atoms with Gasteiger partial charge in [0.1, 0.15) is 0 Å². The van der Waals surface area contributed by atoms with Gasteiger partial charge in [0, 0.05) is 25.3 Å². The number of fused-ring (bicyclic) bond motifs is 1. The maximum absolute atomic E-state index is 13.8. The van der Waals surface area contributed by atoms with Crippen LogP contribution in [0.25, 0.3) is 10.9 Å². The number of nitrogens with zero attached hydrogens (tertiary/aromatic N) is 3. The number of nitrogens with one attached hydrogen (secondary N) is 1. The standard InChI is InChI=1S/C20H21F2N3O3.C3H9N.H2/c1-12(2)18(27)16-9-20(21,22)11-25(16)17(26)10-24-19(28)14-7-8-23-15-6-4-3-5-13(14)15;1-4(2)3;/h3-8,12,16H,9-11H2,1-2H3,(H,24,28);1-3H3;1H. The average molecular weight is 451 g/mol. The maximum atomic E-state index is 13.8. The first-order valence-electron chi connectivity index (χ1n) is 10.4. The molecular weight excluding hydrogens is 418 g/mol. The Labute approximate surface area is 188 Å². The Morgan fingerprint density at radius 2 is 1.84 bits per heavy atom. The maximum Gasteiger partial charge on any atom is 0.267 e. The number of Topliss-reactive ketones (excluding diaryl/α,β-unsaturated/α-hetero) is 1. The summed E-state index contributed by atoms with van der Waals surface area (Å²) in [6.07, 6.45) is 0.802. The molecule has 2 aromatic rings. The summed E-state index contributed by atoms with van der Waals surface area (Å²) in [5, 5.41) is 3.09. The normalized spacial score (nSPS) is 17.3. The third-order valence-corrected chi connectivity index (χ3v) is 4.78. The van der Waals surface area contributed by atoms with Gasteiger partial charge in [-0.2, -0.15) is 0 Å². The highest BCUT2D eigenvalue weighted by Crippen LogP contribution is 2.33. The van der Waals surface area contributed by atoms with Crippen molar-refractivity contribution in [1.29, 1.82) is 0 Å². The molecule has 0 bridgehead atoms. The van der Waals surface area contributed by atoms with Gasteiger partial charge in [-0.1, -0.05) is 32.0 Å². The van der Waals surface area contributed by atoms with Crippen LogP contribution in [0.5, 0.6) is 0 Å². The Kier molecular flexibility index (Phi) is 8.38. The number of ketones is 1. The van der Waals surface area contributed by atoms with Gasteiger partial charge in [0.2, 0.25) is 5.91 Å². The molecule has 0 spiro atoms. The van der Waals surface area contributed by atoms with Crippen LogP contribution in [0.3, 0.4) is 0 Å². The second-order valence-corrected chi connectivity index (χ2v) is 8.55. The van der Waals surface area contributed by atoms with Gasteiger partial charge in [-0.25, -0.2) is 8.78 Å². The molecule has 0 aliphatic carbocycles. The van der Waals surface area contributed by atoms with E-state index in [-0.39, 0.29) is 1.43 Å². The fourth-order valence-electron chi connectivity index (χ4n) is 3.36. The third-order valence-electron chi connectivity index (χ3n) is 4.78. The molecule has 32 heavy (non-hydrogen) atoms. The summed E-state index contributed by atoms with van der Waals surface area (Å²) in [7, 11) is 6.00. The van der Waals surface area contributed by atoms with E-state index in [4.69, 9.17) is 0 Å². The van der Waals surface area contributed by atoms with Crippen LogP contribution in [-0.2, 0) is 9.59 Å². The molecule has 176 valence electrons. The minimum atomic E-state index is -3.11. The zero-order valence-electron chi connectivity index (χ0n) is 19.1. The van der Waals surface area contributed by atoms with Gasteiger partial charge in [0.15, 0.2) is 5.78 Å². The molecule has 1 aliphatic heterocycles. The number of rotatable bonds is 5. The molecule has 2 amide bonds. The van der Waals surface area contributed by atoms with Crippen molar-refractivity contribution in [2.45, 2.75) is 32.2 Å². The number of hydrogen-bond donors (Lipinski definition) is 1. The van der Waals surface area contributed by atoms with Gasteiger partial charge < -0.3 is 15.1 Å². The van der Waals surface area contributed by atoms with Crippen molar-refractivity contribution in [3.05, 3.63) is 42.1 Å². The van der Waals surface area contributed by atoms with E-state index in [1.54, 1.807) is 38.1 Å². The second-order valence-electron chi connectivity index (χ2n) is 8.55. The fraction of sp³-hybridized carbons (Fsp3) is 0.478. The van der Waals surface area contributed by atoms with E-state index in [1.807, 2.05) is 26.0 Å². The molecule has 1 atom stereocenters. The Balaban J connectivity index is 0.00000101. The molecule has 1 unspecified atom stereocenters. The van der Waals surface area contributed by atoms with Gasteiger partial charge in [-0.15, -0.1) is 0 Å². The number of pyridine rings is 1. The van der Waals surface area contributed by atoms with Gasteiger partial charge in [-0.05, 0) is 33.3 Å². The molecule has 0 radical (unpaired) electrons. The highest BCUT2D eigenvalue weighted by molar-refractivity contribution is 6.07. The zero-order valence-corrected chi connectivity index (χ0v) is 19.1. The van der Waals surface area contributed by atoms with Crippen LogP contribution >= 0.6 is 0 Å².